The summed E-state index contributed by atoms with van der Waals surface area (Å²) < 4.78 is 0. The van der Waals surface area contributed by atoms with Crippen molar-refractivity contribution < 1.29 is 0 Å². The van der Waals surface area contributed by atoms with Crippen LogP contribution in [-0.2, 0) is 0 Å². The molecular weight excluding hydrogens is 112 g/mol. The van der Waals surface area contributed by atoms with E-state index in [2.05, 4.69) is 10.6 Å². The minimum atomic E-state index is 0.749. The number of fused-ring (bicyclic) bond motifs is 1. The Labute approximate surface area is 56.0 Å². The summed E-state index contributed by atoms with van der Waals surface area (Å²) in [5.74, 6) is 0.888. The summed E-state index contributed by atoms with van der Waals surface area (Å²) in [7, 11) is 0. The van der Waals surface area contributed by atoms with Crippen molar-refractivity contribution in [3.63, 3.8) is 0 Å². The molecule has 2 rings (SSSR count). The van der Waals surface area contributed by atoms with E-state index >= 15 is 0 Å². The van der Waals surface area contributed by atoms with Gasteiger partial charge in [-0.15, -0.1) is 13.1 Å². The van der Waals surface area contributed by atoms with Crippen molar-refractivity contribution in [2.75, 3.05) is 19.6 Å². The predicted octanol–water partition coefficient (Wildman–Crippen LogP) is 0.742. The van der Waals surface area contributed by atoms with Crippen LogP contribution in [0.3, 0.4) is 0 Å². The van der Waals surface area contributed by atoms with Crippen molar-refractivity contribution in [2.45, 2.75) is 18.9 Å². The van der Waals surface area contributed by atoms with Crippen LogP contribution in [0.25, 0.3) is 5.32 Å². The number of hydrogen-bond donors (Lipinski definition) is 1. The summed E-state index contributed by atoms with van der Waals surface area (Å²) in [6.45, 7) is 3.42. The molecule has 0 amide bonds. The molecule has 2 fully saturated rings. The van der Waals surface area contributed by atoms with Gasteiger partial charge < -0.3 is 10.6 Å². The Morgan fingerprint density at radius 2 is 2.33 bits per heavy atom. The lowest BCUT2D eigenvalue weighted by Gasteiger charge is -2.27. The van der Waals surface area contributed by atoms with Crippen molar-refractivity contribution in [3.8, 4) is 0 Å². The molecule has 0 aromatic rings. The number of rotatable bonds is 0. The molecule has 2 atom stereocenters. The molecule has 2 aliphatic heterocycles. The van der Waals surface area contributed by atoms with Crippen LogP contribution < -0.4 is 5.32 Å². The SMILES string of the molecule is C1CN[C@H]2C[N-]C[C@H]2C1. The first kappa shape index (κ1) is 5.69. The third-order valence-electron chi connectivity index (χ3n) is 2.42. The van der Waals surface area contributed by atoms with Gasteiger partial charge in [-0.2, -0.15) is 0 Å². The van der Waals surface area contributed by atoms with Crippen molar-refractivity contribution in [3.05, 3.63) is 5.32 Å². The molecule has 52 valence electrons. The van der Waals surface area contributed by atoms with Crippen molar-refractivity contribution in [1.29, 1.82) is 0 Å². The zero-order valence-corrected chi connectivity index (χ0v) is 5.64. The first-order valence-corrected chi connectivity index (χ1v) is 3.83. The molecule has 0 aliphatic carbocycles. The zero-order valence-electron chi connectivity index (χ0n) is 5.64. The summed E-state index contributed by atoms with van der Waals surface area (Å²) >= 11 is 0. The molecule has 9 heavy (non-hydrogen) atoms. The second-order valence-electron chi connectivity index (χ2n) is 3.05. The van der Waals surface area contributed by atoms with Gasteiger partial charge in [0.2, 0.25) is 0 Å². The fraction of sp³-hybridized carbons (Fsp3) is 1.00. The van der Waals surface area contributed by atoms with Gasteiger partial charge in [-0.3, -0.25) is 0 Å². The van der Waals surface area contributed by atoms with Gasteiger partial charge in [-0.1, -0.05) is 0 Å². The Morgan fingerprint density at radius 3 is 3.22 bits per heavy atom. The molecule has 0 aromatic heterocycles. The Balaban J connectivity index is 1.97. The van der Waals surface area contributed by atoms with Gasteiger partial charge in [0.15, 0.2) is 0 Å². The highest BCUT2D eigenvalue weighted by atomic mass is 15.0. The molecule has 0 bridgehead atoms. The Bertz CT molecular complexity index is 91.1. The van der Waals surface area contributed by atoms with E-state index in [9.17, 15) is 0 Å². The third kappa shape index (κ3) is 0.970. The van der Waals surface area contributed by atoms with Crippen LogP contribution in [0.1, 0.15) is 12.8 Å². The van der Waals surface area contributed by atoms with Crippen LogP contribution in [0.2, 0.25) is 0 Å². The van der Waals surface area contributed by atoms with Crippen LogP contribution in [0.4, 0.5) is 0 Å². The van der Waals surface area contributed by atoms with Crippen molar-refractivity contribution in [2.24, 2.45) is 5.92 Å². The van der Waals surface area contributed by atoms with E-state index in [0.717, 1.165) is 25.0 Å². The van der Waals surface area contributed by atoms with Gasteiger partial charge in [-0.25, -0.2) is 0 Å². The van der Waals surface area contributed by atoms with Gasteiger partial charge in [0.1, 0.15) is 0 Å². The van der Waals surface area contributed by atoms with Crippen molar-refractivity contribution >= 4 is 0 Å². The maximum atomic E-state index is 4.37. The van der Waals surface area contributed by atoms with Crippen LogP contribution in [0, 0.1) is 5.92 Å². The fourth-order valence-corrected chi connectivity index (χ4v) is 1.83. The minimum absolute atomic E-state index is 0.749. The standard InChI is InChI=1S/C7H13N2/c1-2-6-4-8-5-7(6)9-3-1/h6-7,9H,1-5H2/q-1/t6-,7+/m1/s1. The molecule has 2 saturated heterocycles. The molecule has 2 heteroatoms. The van der Waals surface area contributed by atoms with E-state index in [1.54, 1.807) is 0 Å². The average Bonchev–Trinajstić information content (AvgIpc) is 2.33. The summed E-state index contributed by atoms with van der Waals surface area (Å²) in [4.78, 5) is 0. The van der Waals surface area contributed by atoms with Crippen LogP contribution >= 0.6 is 0 Å². The first-order valence-electron chi connectivity index (χ1n) is 3.83. The molecule has 0 spiro atoms. The smallest absolute Gasteiger partial charge is 0.00468 e. The van der Waals surface area contributed by atoms with Crippen LogP contribution in [-0.4, -0.2) is 25.7 Å². The van der Waals surface area contributed by atoms with E-state index < -0.39 is 0 Å². The molecule has 0 saturated carbocycles. The molecule has 0 unspecified atom stereocenters. The molecule has 1 N–H and O–H groups in total. The summed E-state index contributed by atoms with van der Waals surface area (Å²) in [6.07, 6.45) is 2.76. The molecule has 2 heterocycles. The van der Waals surface area contributed by atoms with Gasteiger partial charge in [0.05, 0.1) is 0 Å². The molecule has 0 aromatic carbocycles. The summed E-state index contributed by atoms with van der Waals surface area (Å²) in [6, 6.07) is 0.749. The van der Waals surface area contributed by atoms with Crippen LogP contribution in [0.15, 0.2) is 0 Å². The molecule has 0 radical (unpaired) electrons. The number of nitrogens with one attached hydrogen (secondary N) is 1. The lowest BCUT2D eigenvalue weighted by Crippen LogP contribution is -2.40. The largest absolute Gasteiger partial charge is 0.661 e. The van der Waals surface area contributed by atoms with Crippen molar-refractivity contribution in [1.82, 2.24) is 5.32 Å². The van der Waals surface area contributed by atoms with Gasteiger partial charge in [0, 0.05) is 0 Å². The number of piperidine rings is 1. The Morgan fingerprint density at radius 1 is 1.33 bits per heavy atom. The van der Waals surface area contributed by atoms with Gasteiger partial charge in [0.25, 0.3) is 0 Å². The average molecular weight is 125 g/mol. The Kier molecular flexibility index (Phi) is 1.44. The highest BCUT2D eigenvalue weighted by Crippen LogP contribution is 2.24. The van der Waals surface area contributed by atoms with E-state index in [1.165, 1.54) is 19.4 Å². The Hall–Kier alpha value is -0.0800. The normalized spacial score (nSPS) is 42.7. The lowest BCUT2D eigenvalue weighted by molar-refractivity contribution is 0.340. The minimum Gasteiger partial charge on any atom is -0.661 e. The van der Waals surface area contributed by atoms with E-state index in [1.807, 2.05) is 0 Å². The number of hydrogen-bond acceptors (Lipinski definition) is 1. The maximum absolute atomic E-state index is 4.37. The topological polar surface area (TPSA) is 26.1 Å². The van der Waals surface area contributed by atoms with Gasteiger partial charge >= 0.3 is 0 Å². The van der Waals surface area contributed by atoms with E-state index in [4.69, 9.17) is 0 Å². The predicted molar refractivity (Wildman–Crippen MR) is 37.6 cm³/mol. The zero-order chi connectivity index (χ0) is 6.10. The first-order chi connectivity index (χ1) is 4.47. The fourth-order valence-electron chi connectivity index (χ4n) is 1.83. The second-order valence-corrected chi connectivity index (χ2v) is 3.05. The number of nitrogens with zero attached hydrogens (tertiary/aromatic N) is 1. The van der Waals surface area contributed by atoms with E-state index in [0.29, 0.717) is 0 Å². The highest BCUT2D eigenvalue weighted by molar-refractivity contribution is 5.03. The van der Waals surface area contributed by atoms with E-state index in [-0.39, 0.29) is 0 Å². The quantitative estimate of drug-likeness (QED) is 0.508. The lowest BCUT2D eigenvalue weighted by atomic mass is 9.94. The highest BCUT2D eigenvalue weighted by Gasteiger charge is 2.22. The molecular formula is C7H13N2-. The van der Waals surface area contributed by atoms with Gasteiger partial charge in [-0.05, 0) is 31.3 Å². The summed E-state index contributed by atoms with van der Waals surface area (Å²) in [5.41, 5.74) is 0. The molecule has 2 aliphatic rings. The molecule has 2 nitrogen and oxygen atoms in total. The second kappa shape index (κ2) is 2.27. The maximum Gasteiger partial charge on any atom is -0.00468 e. The third-order valence-corrected chi connectivity index (χ3v) is 2.42. The summed E-state index contributed by atoms with van der Waals surface area (Å²) in [5, 5.41) is 7.85. The van der Waals surface area contributed by atoms with Crippen LogP contribution in [0.5, 0.6) is 0 Å². The monoisotopic (exact) mass is 125 g/mol.